The summed E-state index contributed by atoms with van der Waals surface area (Å²) in [4.78, 5) is 2.52. The van der Waals surface area contributed by atoms with Crippen molar-refractivity contribution in [3.8, 4) is 0 Å². The van der Waals surface area contributed by atoms with Crippen molar-refractivity contribution in [1.82, 2.24) is 4.90 Å². The van der Waals surface area contributed by atoms with Crippen molar-refractivity contribution in [1.29, 1.82) is 0 Å². The lowest BCUT2D eigenvalue weighted by Gasteiger charge is -2.38. The number of nitrogens with zero attached hydrogens (tertiary/aromatic N) is 1. The first-order chi connectivity index (χ1) is 16.5. The van der Waals surface area contributed by atoms with Crippen LogP contribution in [-0.4, -0.2) is 32.5 Å². The van der Waals surface area contributed by atoms with Gasteiger partial charge in [-0.1, -0.05) is 109 Å². The molecule has 0 radical (unpaired) electrons. The van der Waals surface area contributed by atoms with E-state index in [-0.39, 0.29) is 17.5 Å². The highest BCUT2D eigenvalue weighted by Gasteiger charge is 2.53. The molecule has 1 fully saturated rings. The second kappa shape index (κ2) is 9.18. The SMILES string of the molecule is Cc1ccc(S(=O)(=O)OC[C@@H]2CN2C(c2ccccc2)(c2ccccc2)c2ccccc2)cc1. The van der Waals surface area contributed by atoms with Gasteiger partial charge in [-0.2, -0.15) is 8.42 Å². The van der Waals surface area contributed by atoms with E-state index in [1.54, 1.807) is 24.3 Å². The van der Waals surface area contributed by atoms with Crippen LogP contribution in [0.2, 0.25) is 0 Å². The van der Waals surface area contributed by atoms with Crippen LogP contribution in [0.25, 0.3) is 0 Å². The Morgan fingerprint density at radius 2 is 1.18 bits per heavy atom. The minimum atomic E-state index is -3.82. The average molecular weight is 470 g/mol. The number of aryl methyl sites for hydroxylation is 1. The van der Waals surface area contributed by atoms with Gasteiger partial charge in [0.25, 0.3) is 10.1 Å². The first-order valence-electron chi connectivity index (χ1n) is 11.4. The van der Waals surface area contributed by atoms with Crippen LogP contribution in [0.15, 0.2) is 120 Å². The summed E-state index contributed by atoms with van der Waals surface area (Å²) in [6.07, 6.45) is 0. The second-order valence-corrected chi connectivity index (χ2v) is 10.3. The Labute approximate surface area is 201 Å². The van der Waals surface area contributed by atoms with E-state index in [2.05, 4.69) is 41.3 Å². The van der Waals surface area contributed by atoms with Crippen molar-refractivity contribution in [2.45, 2.75) is 23.4 Å². The fourth-order valence-corrected chi connectivity index (χ4v) is 5.65. The van der Waals surface area contributed by atoms with Crippen LogP contribution in [0, 0.1) is 6.92 Å². The molecule has 1 aliphatic rings. The highest BCUT2D eigenvalue weighted by atomic mass is 32.2. The van der Waals surface area contributed by atoms with Crippen LogP contribution < -0.4 is 0 Å². The lowest BCUT2D eigenvalue weighted by Crippen LogP contribution is -2.39. The molecule has 1 saturated heterocycles. The number of hydrogen-bond donors (Lipinski definition) is 0. The zero-order chi connectivity index (χ0) is 23.6. The third-order valence-electron chi connectivity index (χ3n) is 6.45. The molecule has 0 amide bonds. The van der Waals surface area contributed by atoms with Crippen molar-refractivity contribution in [2.24, 2.45) is 0 Å². The van der Waals surface area contributed by atoms with Gasteiger partial charge in [-0.3, -0.25) is 9.08 Å². The molecule has 2 atom stereocenters. The van der Waals surface area contributed by atoms with E-state index < -0.39 is 15.7 Å². The molecular formula is C29H27NO3S. The molecule has 172 valence electrons. The van der Waals surface area contributed by atoms with E-state index in [4.69, 9.17) is 4.18 Å². The summed E-state index contributed by atoms with van der Waals surface area (Å²) in [6, 6.07) is 37.9. The summed E-state index contributed by atoms with van der Waals surface area (Å²) in [5.41, 5.74) is 3.86. The Morgan fingerprint density at radius 3 is 1.62 bits per heavy atom. The van der Waals surface area contributed by atoms with Gasteiger partial charge in [-0.05, 0) is 35.7 Å². The molecule has 4 aromatic rings. The van der Waals surface area contributed by atoms with Crippen LogP contribution >= 0.6 is 0 Å². The predicted molar refractivity (Wildman–Crippen MR) is 134 cm³/mol. The molecule has 1 unspecified atom stereocenters. The summed E-state index contributed by atoms with van der Waals surface area (Å²) in [6.45, 7) is 2.75. The molecule has 5 heteroatoms. The second-order valence-electron chi connectivity index (χ2n) is 8.67. The summed E-state index contributed by atoms with van der Waals surface area (Å²) in [5.74, 6) is 0. The molecule has 0 aliphatic carbocycles. The average Bonchev–Trinajstić information content (AvgIpc) is 3.66. The molecule has 34 heavy (non-hydrogen) atoms. The van der Waals surface area contributed by atoms with Gasteiger partial charge in [0, 0.05) is 12.6 Å². The van der Waals surface area contributed by atoms with Gasteiger partial charge < -0.3 is 0 Å². The maximum absolute atomic E-state index is 12.8. The Kier molecular flexibility index (Phi) is 6.09. The standard InChI is InChI=1S/C29H27NO3S/c1-23-17-19-28(20-18-23)34(31,32)33-22-27-21-30(27)29(24-11-5-2-6-12-24,25-13-7-3-8-14-25)26-15-9-4-10-16-26/h2-20,27H,21-22H2,1H3/t27-,30?/m0/s1. The van der Waals surface area contributed by atoms with Gasteiger partial charge in [-0.15, -0.1) is 0 Å². The van der Waals surface area contributed by atoms with E-state index in [1.807, 2.05) is 61.5 Å². The van der Waals surface area contributed by atoms with Gasteiger partial charge >= 0.3 is 0 Å². The topological polar surface area (TPSA) is 46.4 Å². The predicted octanol–water partition coefficient (Wildman–Crippen LogP) is 5.38. The van der Waals surface area contributed by atoms with Gasteiger partial charge in [0.05, 0.1) is 17.0 Å². The van der Waals surface area contributed by atoms with Gasteiger partial charge in [0.1, 0.15) is 0 Å². The molecule has 1 aliphatic heterocycles. The molecule has 4 nitrogen and oxygen atoms in total. The monoisotopic (exact) mass is 469 g/mol. The number of benzene rings is 4. The first-order valence-corrected chi connectivity index (χ1v) is 12.8. The Hall–Kier alpha value is -3.25. The number of rotatable bonds is 8. The third kappa shape index (κ3) is 4.18. The molecule has 0 N–H and O–H groups in total. The van der Waals surface area contributed by atoms with Crippen molar-refractivity contribution in [3.05, 3.63) is 138 Å². The molecule has 5 rings (SSSR count). The lowest BCUT2D eigenvalue weighted by atomic mass is 9.76. The van der Waals surface area contributed by atoms with Gasteiger partial charge in [0.15, 0.2) is 0 Å². The smallest absolute Gasteiger partial charge is 0.278 e. The van der Waals surface area contributed by atoms with Crippen LogP contribution in [0.3, 0.4) is 0 Å². The van der Waals surface area contributed by atoms with Crippen LogP contribution in [0.1, 0.15) is 22.3 Å². The highest BCUT2D eigenvalue weighted by Crippen LogP contribution is 2.48. The van der Waals surface area contributed by atoms with Crippen molar-refractivity contribution in [3.63, 3.8) is 0 Å². The van der Waals surface area contributed by atoms with Crippen LogP contribution in [-0.2, 0) is 19.8 Å². The third-order valence-corrected chi connectivity index (χ3v) is 7.74. The summed E-state index contributed by atoms with van der Waals surface area (Å²) >= 11 is 0. The minimum Gasteiger partial charge on any atom is -0.278 e. The largest absolute Gasteiger partial charge is 0.297 e. The molecule has 1 heterocycles. The van der Waals surface area contributed by atoms with Crippen molar-refractivity contribution in [2.75, 3.05) is 13.2 Å². The van der Waals surface area contributed by atoms with E-state index in [0.29, 0.717) is 0 Å². The van der Waals surface area contributed by atoms with Crippen molar-refractivity contribution < 1.29 is 12.6 Å². The van der Waals surface area contributed by atoms with E-state index >= 15 is 0 Å². The molecule has 0 bridgehead atoms. The zero-order valence-corrected chi connectivity index (χ0v) is 19.9. The molecule has 0 saturated carbocycles. The normalized spacial score (nSPS) is 17.9. The van der Waals surface area contributed by atoms with E-state index in [9.17, 15) is 8.42 Å². The summed E-state index contributed by atoms with van der Waals surface area (Å²) < 4.78 is 31.1. The van der Waals surface area contributed by atoms with Crippen LogP contribution in [0.5, 0.6) is 0 Å². The maximum Gasteiger partial charge on any atom is 0.297 e. The Balaban J connectivity index is 1.51. The molecular weight excluding hydrogens is 442 g/mol. The van der Waals surface area contributed by atoms with E-state index in [0.717, 1.165) is 28.8 Å². The summed E-state index contributed by atoms with van der Waals surface area (Å²) in [7, 11) is -3.82. The van der Waals surface area contributed by atoms with Gasteiger partial charge in [0.2, 0.25) is 0 Å². The molecule has 0 spiro atoms. The Morgan fingerprint density at radius 1 is 0.735 bits per heavy atom. The maximum atomic E-state index is 12.8. The quantitative estimate of drug-likeness (QED) is 0.198. The Bertz CT molecular complexity index is 1240. The van der Waals surface area contributed by atoms with Gasteiger partial charge in [-0.25, -0.2) is 0 Å². The van der Waals surface area contributed by atoms with E-state index in [1.165, 1.54) is 0 Å². The summed E-state index contributed by atoms with van der Waals surface area (Å²) in [5, 5.41) is 0. The fourth-order valence-electron chi connectivity index (χ4n) is 4.71. The first kappa shape index (κ1) is 22.5. The molecule has 0 aromatic heterocycles. The number of hydrogen-bond acceptors (Lipinski definition) is 4. The fraction of sp³-hybridized carbons (Fsp3) is 0.172. The van der Waals surface area contributed by atoms with Crippen molar-refractivity contribution >= 4 is 10.1 Å². The highest BCUT2D eigenvalue weighted by molar-refractivity contribution is 7.86. The molecule has 4 aromatic carbocycles. The van der Waals surface area contributed by atoms with Crippen LogP contribution in [0.4, 0.5) is 0 Å². The lowest BCUT2D eigenvalue weighted by molar-refractivity contribution is 0.255. The minimum absolute atomic E-state index is 0.0409. The zero-order valence-electron chi connectivity index (χ0n) is 19.0.